The van der Waals surface area contributed by atoms with Gasteiger partial charge in [0.15, 0.2) is 10.9 Å². The smallest absolute Gasteiger partial charge is 0.437 e. The highest BCUT2D eigenvalue weighted by molar-refractivity contribution is 7.80. The van der Waals surface area contributed by atoms with Gasteiger partial charge in [-0.3, -0.25) is 4.79 Å². The minimum atomic E-state index is -5.18. The molecule has 1 fully saturated rings. The van der Waals surface area contributed by atoms with Gasteiger partial charge in [0.1, 0.15) is 11.7 Å². The minimum absolute atomic E-state index is 0.0189. The van der Waals surface area contributed by atoms with Gasteiger partial charge in [0.05, 0.1) is 6.04 Å². The maximum atomic E-state index is 13.8. The lowest BCUT2D eigenvalue weighted by molar-refractivity contribution is -0.285. The van der Waals surface area contributed by atoms with Crippen molar-refractivity contribution in [3.63, 3.8) is 0 Å². The summed E-state index contributed by atoms with van der Waals surface area (Å²) in [5.41, 5.74) is -3.29. The van der Waals surface area contributed by atoms with Crippen LogP contribution in [0.15, 0.2) is 54.6 Å². The van der Waals surface area contributed by atoms with Crippen LogP contribution in [0.5, 0.6) is 5.75 Å². The first-order valence-corrected chi connectivity index (χ1v) is 8.30. The number of carbonyl (C=O) groups excluding carboxylic acids is 1. The van der Waals surface area contributed by atoms with Crippen LogP contribution in [0.1, 0.15) is 22.0 Å². The summed E-state index contributed by atoms with van der Waals surface area (Å²) in [6, 6.07) is 11.4. The third kappa shape index (κ3) is 3.47. The van der Waals surface area contributed by atoms with E-state index in [0.717, 1.165) is 0 Å². The van der Waals surface area contributed by atoms with E-state index in [9.17, 15) is 28.2 Å². The first-order chi connectivity index (χ1) is 12.6. The SMILES string of the molecule is O=C(c1ccccc1)[C@H]1[C@@H](c2ccc(O)cc2)NC(=S)N[C@]1(O)C(F)(F)F. The molecule has 0 aliphatic carbocycles. The zero-order chi connectivity index (χ0) is 19.8. The molecule has 2 aromatic rings. The Morgan fingerprint density at radius 1 is 1.07 bits per heavy atom. The fraction of sp³-hybridized carbons (Fsp3) is 0.222. The van der Waals surface area contributed by atoms with Crippen molar-refractivity contribution in [2.75, 3.05) is 0 Å². The number of nitrogens with one attached hydrogen (secondary N) is 2. The summed E-state index contributed by atoms with van der Waals surface area (Å²) in [4.78, 5) is 13.0. The lowest BCUT2D eigenvalue weighted by atomic mass is 9.77. The molecule has 0 amide bonds. The number of benzene rings is 2. The van der Waals surface area contributed by atoms with Crippen LogP contribution >= 0.6 is 12.2 Å². The Balaban J connectivity index is 2.15. The summed E-state index contributed by atoms with van der Waals surface area (Å²) >= 11 is 4.84. The number of thiocarbonyl (C=S) groups is 1. The summed E-state index contributed by atoms with van der Waals surface area (Å²) in [5, 5.41) is 24.0. The number of ketones is 1. The lowest BCUT2D eigenvalue weighted by Crippen LogP contribution is -2.72. The summed E-state index contributed by atoms with van der Waals surface area (Å²) in [7, 11) is 0. The number of halogens is 3. The van der Waals surface area contributed by atoms with Crippen molar-refractivity contribution in [1.82, 2.24) is 10.6 Å². The molecule has 3 atom stereocenters. The number of Topliss-reactive ketones (excluding diaryl/α,β-unsaturated/α-hetero) is 1. The van der Waals surface area contributed by atoms with E-state index in [1.54, 1.807) is 6.07 Å². The van der Waals surface area contributed by atoms with E-state index in [4.69, 9.17) is 12.2 Å². The molecular formula is C18H15F3N2O3S. The molecule has 1 aliphatic rings. The molecule has 142 valence electrons. The molecule has 0 aromatic heterocycles. The Labute approximate surface area is 157 Å². The first-order valence-electron chi connectivity index (χ1n) is 7.89. The predicted octanol–water partition coefficient (Wildman–Crippen LogP) is 2.66. The van der Waals surface area contributed by atoms with Gasteiger partial charge in [0.25, 0.3) is 0 Å². The first kappa shape index (κ1) is 19.1. The average molecular weight is 396 g/mol. The maximum absolute atomic E-state index is 13.8. The molecule has 4 N–H and O–H groups in total. The molecule has 3 rings (SSSR count). The number of aliphatic hydroxyl groups is 1. The standard InChI is InChI=1S/C18H15F3N2O3S/c19-18(20,21)17(26)13(15(25)11-4-2-1-3-5-11)14(22-16(27)23-17)10-6-8-12(24)9-7-10/h1-9,13-14,24,26H,(H2,22,23,27)/t13-,14-,17-/m1/s1. The van der Waals surface area contributed by atoms with Crippen LogP contribution in [0.25, 0.3) is 0 Å². The highest BCUT2D eigenvalue weighted by atomic mass is 32.1. The van der Waals surface area contributed by atoms with Crippen LogP contribution in [0.4, 0.5) is 13.2 Å². The Kier molecular flexibility index (Phi) is 4.83. The van der Waals surface area contributed by atoms with E-state index in [2.05, 4.69) is 5.32 Å². The average Bonchev–Trinajstić information content (AvgIpc) is 2.61. The van der Waals surface area contributed by atoms with Crippen molar-refractivity contribution in [3.8, 4) is 5.75 Å². The third-order valence-corrected chi connectivity index (χ3v) is 4.62. The monoisotopic (exact) mass is 396 g/mol. The van der Waals surface area contributed by atoms with Gasteiger partial charge in [-0.05, 0) is 29.9 Å². The molecule has 0 radical (unpaired) electrons. The van der Waals surface area contributed by atoms with Crippen LogP contribution < -0.4 is 10.6 Å². The molecule has 1 heterocycles. The van der Waals surface area contributed by atoms with Crippen LogP contribution in [0.2, 0.25) is 0 Å². The quantitative estimate of drug-likeness (QED) is 0.472. The highest BCUT2D eigenvalue weighted by Gasteiger charge is 2.65. The van der Waals surface area contributed by atoms with Gasteiger partial charge in [-0.25, -0.2) is 0 Å². The van der Waals surface area contributed by atoms with Gasteiger partial charge in [-0.15, -0.1) is 0 Å². The van der Waals surface area contributed by atoms with Gasteiger partial charge in [-0.2, -0.15) is 13.2 Å². The van der Waals surface area contributed by atoms with Gasteiger partial charge in [0, 0.05) is 5.56 Å². The number of phenolic OH excluding ortho intramolecular Hbond substituents is 1. The number of carbonyl (C=O) groups is 1. The Hall–Kier alpha value is -2.65. The van der Waals surface area contributed by atoms with E-state index in [0.29, 0.717) is 0 Å². The molecule has 1 aliphatic heterocycles. The number of alkyl halides is 3. The Morgan fingerprint density at radius 3 is 2.22 bits per heavy atom. The zero-order valence-electron chi connectivity index (χ0n) is 13.7. The summed E-state index contributed by atoms with van der Waals surface area (Å²) < 4.78 is 41.4. The van der Waals surface area contributed by atoms with E-state index in [1.165, 1.54) is 48.5 Å². The molecule has 0 saturated carbocycles. The van der Waals surface area contributed by atoms with Gasteiger partial charge in [-0.1, -0.05) is 42.5 Å². The van der Waals surface area contributed by atoms with Crippen LogP contribution in [-0.4, -0.2) is 33.0 Å². The summed E-state index contributed by atoms with van der Waals surface area (Å²) in [5.74, 6) is -2.96. The second-order valence-electron chi connectivity index (χ2n) is 6.14. The van der Waals surface area contributed by atoms with Crippen molar-refractivity contribution < 1.29 is 28.2 Å². The van der Waals surface area contributed by atoms with Crippen LogP contribution in [-0.2, 0) is 0 Å². The fourth-order valence-electron chi connectivity index (χ4n) is 3.08. The number of aromatic hydroxyl groups is 1. The second-order valence-corrected chi connectivity index (χ2v) is 6.55. The van der Waals surface area contributed by atoms with Crippen LogP contribution in [0, 0.1) is 5.92 Å². The van der Waals surface area contributed by atoms with Gasteiger partial charge >= 0.3 is 6.18 Å². The molecule has 9 heteroatoms. The fourth-order valence-corrected chi connectivity index (χ4v) is 3.36. The number of phenols is 1. The summed E-state index contributed by atoms with van der Waals surface area (Å²) in [6.07, 6.45) is -5.18. The largest absolute Gasteiger partial charge is 0.508 e. The molecule has 0 unspecified atom stereocenters. The molecule has 5 nitrogen and oxygen atoms in total. The Bertz CT molecular complexity index is 858. The number of hydrogen-bond donors (Lipinski definition) is 4. The number of hydrogen-bond acceptors (Lipinski definition) is 4. The van der Waals surface area contributed by atoms with Crippen molar-refractivity contribution in [2.24, 2.45) is 5.92 Å². The van der Waals surface area contributed by atoms with Crippen molar-refractivity contribution in [1.29, 1.82) is 0 Å². The predicted molar refractivity (Wildman–Crippen MR) is 95.0 cm³/mol. The summed E-state index contributed by atoms with van der Waals surface area (Å²) in [6.45, 7) is 0. The topological polar surface area (TPSA) is 81.6 Å². The molecule has 2 aromatic carbocycles. The van der Waals surface area contributed by atoms with Gasteiger partial charge < -0.3 is 20.8 Å². The van der Waals surface area contributed by atoms with Crippen molar-refractivity contribution >= 4 is 23.1 Å². The van der Waals surface area contributed by atoms with Crippen LogP contribution in [0.3, 0.4) is 0 Å². The minimum Gasteiger partial charge on any atom is -0.508 e. The molecular weight excluding hydrogens is 381 g/mol. The normalized spacial score (nSPS) is 25.4. The van der Waals surface area contributed by atoms with E-state index >= 15 is 0 Å². The zero-order valence-corrected chi connectivity index (χ0v) is 14.5. The van der Waals surface area contributed by atoms with E-state index in [1.807, 2.05) is 5.32 Å². The molecule has 0 bridgehead atoms. The Morgan fingerprint density at radius 2 is 1.67 bits per heavy atom. The molecule has 1 saturated heterocycles. The highest BCUT2D eigenvalue weighted by Crippen LogP contribution is 2.44. The van der Waals surface area contributed by atoms with Crippen molar-refractivity contribution in [3.05, 3.63) is 65.7 Å². The number of rotatable bonds is 3. The van der Waals surface area contributed by atoms with E-state index < -0.39 is 34.8 Å². The lowest BCUT2D eigenvalue weighted by Gasteiger charge is -2.46. The van der Waals surface area contributed by atoms with E-state index in [-0.39, 0.29) is 16.9 Å². The molecule has 0 spiro atoms. The second kappa shape index (κ2) is 6.82. The molecule has 27 heavy (non-hydrogen) atoms. The third-order valence-electron chi connectivity index (χ3n) is 4.40. The maximum Gasteiger partial charge on any atom is 0.437 e. The van der Waals surface area contributed by atoms with Crippen molar-refractivity contribution in [2.45, 2.75) is 17.9 Å². The van der Waals surface area contributed by atoms with Gasteiger partial charge in [0.2, 0.25) is 5.72 Å².